The topological polar surface area (TPSA) is 82.6 Å². The lowest BCUT2D eigenvalue weighted by Gasteiger charge is -2.07. The number of carbonyl (C=O) groups excluding carboxylic acids is 1. The van der Waals surface area contributed by atoms with Gasteiger partial charge in [0, 0.05) is 31.1 Å². The Balaban J connectivity index is 1.49. The van der Waals surface area contributed by atoms with Gasteiger partial charge in [-0.3, -0.25) is 9.48 Å². The van der Waals surface area contributed by atoms with Gasteiger partial charge in [-0.2, -0.15) is 15.3 Å². The van der Waals surface area contributed by atoms with Crippen molar-refractivity contribution in [2.45, 2.75) is 6.54 Å². The van der Waals surface area contributed by atoms with Crippen molar-refractivity contribution in [2.75, 3.05) is 5.32 Å². The first kappa shape index (κ1) is 15.8. The van der Waals surface area contributed by atoms with Gasteiger partial charge in [-0.1, -0.05) is 18.2 Å². The maximum atomic E-state index is 12.3. The maximum absolute atomic E-state index is 12.3. The number of aryl methyl sites for hydroxylation is 1. The Morgan fingerprint density at radius 1 is 1.04 bits per heavy atom. The predicted octanol–water partition coefficient (Wildman–Crippen LogP) is 2.10. The van der Waals surface area contributed by atoms with Gasteiger partial charge in [0.25, 0.3) is 5.91 Å². The van der Waals surface area contributed by atoms with Crippen molar-refractivity contribution in [2.24, 2.45) is 7.05 Å². The number of amides is 1. The van der Waals surface area contributed by atoms with Crippen LogP contribution in [0.4, 0.5) is 5.82 Å². The number of para-hydroxylation sites is 1. The van der Waals surface area contributed by atoms with Crippen LogP contribution in [0.2, 0.25) is 0 Å². The van der Waals surface area contributed by atoms with E-state index in [9.17, 15) is 4.79 Å². The molecule has 26 heavy (non-hydrogen) atoms. The lowest BCUT2D eigenvalue weighted by atomic mass is 10.3. The molecule has 0 saturated carbocycles. The Labute approximate surface area is 149 Å². The Morgan fingerprint density at radius 2 is 1.88 bits per heavy atom. The molecule has 0 aliphatic heterocycles. The van der Waals surface area contributed by atoms with Crippen LogP contribution in [-0.4, -0.2) is 35.2 Å². The standard InChI is InChI=1S/C18H17N7O/c1-23-13-15(10-20-23)18(26)22-17-7-8-19-25(17)12-14-9-21-24(11-14)16-5-3-2-4-6-16/h2-11,13H,12H2,1H3,(H,22,26). The molecule has 0 bridgehead atoms. The van der Waals surface area contributed by atoms with Crippen molar-refractivity contribution in [1.82, 2.24) is 29.3 Å². The molecule has 0 fully saturated rings. The van der Waals surface area contributed by atoms with Crippen molar-refractivity contribution in [1.29, 1.82) is 0 Å². The highest BCUT2D eigenvalue weighted by Gasteiger charge is 2.12. The van der Waals surface area contributed by atoms with Crippen LogP contribution in [0.25, 0.3) is 5.69 Å². The molecule has 1 amide bonds. The summed E-state index contributed by atoms with van der Waals surface area (Å²) in [5.41, 5.74) is 2.47. The average molecular weight is 347 g/mol. The van der Waals surface area contributed by atoms with E-state index in [0.717, 1.165) is 11.3 Å². The van der Waals surface area contributed by atoms with Crippen molar-refractivity contribution in [3.8, 4) is 5.69 Å². The van der Waals surface area contributed by atoms with Crippen molar-refractivity contribution >= 4 is 11.7 Å². The summed E-state index contributed by atoms with van der Waals surface area (Å²) in [7, 11) is 1.77. The molecule has 8 nitrogen and oxygen atoms in total. The van der Waals surface area contributed by atoms with E-state index in [1.165, 1.54) is 6.20 Å². The molecule has 0 aliphatic carbocycles. The van der Waals surface area contributed by atoms with Crippen LogP contribution < -0.4 is 5.32 Å². The molecule has 1 aromatic carbocycles. The third kappa shape index (κ3) is 3.25. The highest BCUT2D eigenvalue weighted by molar-refractivity contribution is 6.03. The van der Waals surface area contributed by atoms with Crippen LogP contribution in [0.1, 0.15) is 15.9 Å². The number of rotatable bonds is 5. The van der Waals surface area contributed by atoms with E-state index in [-0.39, 0.29) is 5.91 Å². The molecule has 130 valence electrons. The van der Waals surface area contributed by atoms with Crippen molar-refractivity contribution in [3.05, 3.63) is 78.5 Å². The molecule has 0 atom stereocenters. The maximum Gasteiger partial charge on any atom is 0.259 e. The molecular formula is C18H17N7O. The summed E-state index contributed by atoms with van der Waals surface area (Å²) in [4.78, 5) is 12.3. The number of anilines is 1. The fraction of sp³-hybridized carbons (Fsp3) is 0.111. The van der Waals surface area contributed by atoms with Gasteiger partial charge in [-0.15, -0.1) is 0 Å². The predicted molar refractivity (Wildman–Crippen MR) is 96.1 cm³/mol. The first-order chi connectivity index (χ1) is 12.7. The summed E-state index contributed by atoms with van der Waals surface area (Å²) in [5.74, 6) is 0.395. The molecule has 0 saturated heterocycles. The Morgan fingerprint density at radius 3 is 2.65 bits per heavy atom. The smallest absolute Gasteiger partial charge is 0.259 e. The lowest BCUT2D eigenvalue weighted by Crippen LogP contribution is -2.15. The molecule has 3 heterocycles. The highest BCUT2D eigenvalue weighted by atomic mass is 16.1. The third-order valence-corrected chi connectivity index (χ3v) is 3.91. The van der Waals surface area contributed by atoms with Gasteiger partial charge in [0.15, 0.2) is 0 Å². The van der Waals surface area contributed by atoms with E-state index in [4.69, 9.17) is 0 Å². The second-order valence-electron chi connectivity index (χ2n) is 5.86. The van der Waals surface area contributed by atoms with Crippen molar-refractivity contribution in [3.63, 3.8) is 0 Å². The van der Waals surface area contributed by atoms with Crippen LogP contribution in [-0.2, 0) is 13.6 Å². The van der Waals surface area contributed by atoms with Gasteiger partial charge < -0.3 is 5.32 Å². The number of hydrogen-bond acceptors (Lipinski definition) is 4. The van der Waals surface area contributed by atoms with Crippen LogP contribution in [0.3, 0.4) is 0 Å². The van der Waals surface area contributed by atoms with E-state index >= 15 is 0 Å². The highest BCUT2D eigenvalue weighted by Crippen LogP contribution is 2.13. The molecule has 4 rings (SSSR count). The fourth-order valence-corrected chi connectivity index (χ4v) is 2.63. The van der Waals surface area contributed by atoms with Gasteiger partial charge in [0.2, 0.25) is 0 Å². The fourth-order valence-electron chi connectivity index (χ4n) is 2.63. The van der Waals surface area contributed by atoms with E-state index < -0.39 is 0 Å². The second kappa shape index (κ2) is 6.67. The van der Waals surface area contributed by atoms with Gasteiger partial charge >= 0.3 is 0 Å². The first-order valence-corrected chi connectivity index (χ1v) is 8.10. The summed E-state index contributed by atoms with van der Waals surface area (Å²) in [5, 5.41) is 15.5. The largest absolute Gasteiger partial charge is 0.307 e. The average Bonchev–Trinajstić information content (AvgIpc) is 3.38. The zero-order valence-corrected chi connectivity index (χ0v) is 14.1. The molecule has 8 heteroatoms. The first-order valence-electron chi connectivity index (χ1n) is 8.10. The van der Waals surface area contributed by atoms with Crippen LogP contribution >= 0.6 is 0 Å². The van der Waals surface area contributed by atoms with Gasteiger partial charge in [-0.05, 0) is 12.1 Å². The molecule has 0 unspecified atom stereocenters. The quantitative estimate of drug-likeness (QED) is 0.599. The Hall–Kier alpha value is -3.68. The monoisotopic (exact) mass is 347 g/mol. The van der Waals surface area contributed by atoms with E-state index in [1.807, 2.05) is 41.2 Å². The molecule has 1 N–H and O–H groups in total. The number of carbonyl (C=O) groups is 1. The number of nitrogens with zero attached hydrogens (tertiary/aromatic N) is 6. The summed E-state index contributed by atoms with van der Waals surface area (Å²) < 4.78 is 5.12. The summed E-state index contributed by atoms with van der Waals surface area (Å²) in [6.45, 7) is 0.502. The van der Waals surface area contributed by atoms with E-state index in [1.54, 1.807) is 41.1 Å². The number of aromatic nitrogens is 6. The van der Waals surface area contributed by atoms with Crippen LogP contribution in [0.15, 0.2) is 67.4 Å². The van der Waals surface area contributed by atoms with Crippen LogP contribution in [0.5, 0.6) is 0 Å². The van der Waals surface area contributed by atoms with E-state index in [0.29, 0.717) is 17.9 Å². The number of nitrogens with one attached hydrogen (secondary N) is 1. The Kier molecular flexibility index (Phi) is 4.06. The normalized spacial score (nSPS) is 10.8. The second-order valence-corrected chi connectivity index (χ2v) is 5.86. The van der Waals surface area contributed by atoms with Crippen LogP contribution in [0, 0.1) is 0 Å². The molecule has 4 aromatic rings. The SMILES string of the molecule is Cn1cc(C(=O)Nc2ccnn2Cc2cnn(-c3ccccc3)c2)cn1. The Bertz CT molecular complexity index is 1030. The lowest BCUT2D eigenvalue weighted by molar-refractivity contribution is 0.102. The number of hydrogen-bond donors (Lipinski definition) is 1. The summed E-state index contributed by atoms with van der Waals surface area (Å²) >= 11 is 0. The van der Waals surface area contributed by atoms with E-state index in [2.05, 4.69) is 20.6 Å². The minimum atomic E-state index is -0.222. The zero-order valence-electron chi connectivity index (χ0n) is 14.1. The van der Waals surface area contributed by atoms with Gasteiger partial charge in [-0.25, -0.2) is 9.36 Å². The summed E-state index contributed by atoms with van der Waals surface area (Å²) in [6, 6.07) is 11.6. The minimum Gasteiger partial charge on any atom is -0.307 e. The molecule has 0 radical (unpaired) electrons. The molecule has 0 aliphatic rings. The molecule has 3 aromatic heterocycles. The van der Waals surface area contributed by atoms with Gasteiger partial charge in [0.05, 0.1) is 36.4 Å². The number of benzene rings is 1. The van der Waals surface area contributed by atoms with Gasteiger partial charge in [0.1, 0.15) is 5.82 Å². The third-order valence-electron chi connectivity index (χ3n) is 3.91. The molecule has 0 spiro atoms. The van der Waals surface area contributed by atoms with Crippen molar-refractivity contribution < 1.29 is 4.79 Å². The molecular weight excluding hydrogens is 330 g/mol. The summed E-state index contributed by atoms with van der Waals surface area (Å²) in [6.07, 6.45) is 8.59. The minimum absolute atomic E-state index is 0.222. The zero-order chi connectivity index (χ0) is 17.9.